The predicted molar refractivity (Wildman–Crippen MR) is 87.9 cm³/mol. The molecule has 0 aliphatic carbocycles. The molecule has 3 rings (SSSR count). The van der Waals surface area contributed by atoms with Gasteiger partial charge in [0.15, 0.2) is 0 Å². The number of rotatable bonds is 4. The highest BCUT2D eigenvalue weighted by molar-refractivity contribution is 6.30. The summed E-state index contributed by atoms with van der Waals surface area (Å²) in [4.78, 5) is 0. The zero-order chi connectivity index (χ0) is 15.4. The van der Waals surface area contributed by atoms with Gasteiger partial charge in [0.1, 0.15) is 11.7 Å². The van der Waals surface area contributed by atoms with Gasteiger partial charge in [-0.2, -0.15) is 0 Å². The fraction of sp³-hybridized carbons (Fsp3) is 0.333. The Kier molecular flexibility index (Phi) is 4.79. The molecule has 1 saturated heterocycles. The Morgan fingerprint density at radius 2 is 1.86 bits per heavy atom. The minimum atomic E-state index is -0.982. The molecule has 0 amide bonds. The van der Waals surface area contributed by atoms with Crippen molar-refractivity contribution >= 4 is 11.6 Å². The van der Waals surface area contributed by atoms with Gasteiger partial charge in [-0.15, -0.1) is 0 Å². The SMILES string of the molecule is OC1(c2ccc(Cl)cc2)CCNC[C@H]1OCc1ccccc1. The fourth-order valence-corrected chi connectivity index (χ4v) is 3.00. The predicted octanol–water partition coefficient (Wildman–Crippen LogP) is 3.11. The van der Waals surface area contributed by atoms with Crippen LogP contribution in [0, 0.1) is 0 Å². The zero-order valence-electron chi connectivity index (χ0n) is 12.3. The summed E-state index contributed by atoms with van der Waals surface area (Å²) in [5, 5.41) is 15.1. The van der Waals surface area contributed by atoms with E-state index in [1.54, 1.807) is 0 Å². The summed E-state index contributed by atoms with van der Waals surface area (Å²) in [6.45, 7) is 1.89. The van der Waals surface area contributed by atoms with Gasteiger partial charge >= 0.3 is 0 Å². The summed E-state index contributed by atoms with van der Waals surface area (Å²) >= 11 is 5.95. The maximum Gasteiger partial charge on any atom is 0.118 e. The van der Waals surface area contributed by atoms with E-state index in [0.29, 0.717) is 24.6 Å². The Balaban J connectivity index is 1.77. The van der Waals surface area contributed by atoms with Crippen molar-refractivity contribution in [2.45, 2.75) is 24.7 Å². The van der Waals surface area contributed by atoms with Crippen LogP contribution in [0.3, 0.4) is 0 Å². The van der Waals surface area contributed by atoms with Crippen LogP contribution in [0.25, 0.3) is 0 Å². The van der Waals surface area contributed by atoms with Crippen LogP contribution in [0.15, 0.2) is 54.6 Å². The van der Waals surface area contributed by atoms with Crippen LogP contribution >= 0.6 is 11.6 Å². The van der Waals surface area contributed by atoms with Gasteiger partial charge in [-0.3, -0.25) is 0 Å². The van der Waals surface area contributed by atoms with Crippen LogP contribution in [-0.4, -0.2) is 24.3 Å². The first-order valence-corrected chi connectivity index (χ1v) is 7.91. The van der Waals surface area contributed by atoms with E-state index < -0.39 is 5.60 Å². The van der Waals surface area contributed by atoms with Gasteiger partial charge in [-0.05, 0) is 36.2 Å². The zero-order valence-corrected chi connectivity index (χ0v) is 13.1. The fourth-order valence-electron chi connectivity index (χ4n) is 2.88. The Morgan fingerprint density at radius 1 is 1.14 bits per heavy atom. The number of ether oxygens (including phenoxy) is 1. The number of aliphatic hydroxyl groups is 1. The maximum atomic E-state index is 11.2. The van der Waals surface area contributed by atoms with E-state index in [0.717, 1.165) is 17.7 Å². The summed E-state index contributed by atoms with van der Waals surface area (Å²) in [5.41, 5.74) is 0.980. The van der Waals surface area contributed by atoms with E-state index in [1.165, 1.54) is 0 Å². The van der Waals surface area contributed by atoms with Crippen LogP contribution in [-0.2, 0) is 16.9 Å². The van der Waals surface area contributed by atoms with Crippen molar-refractivity contribution in [1.29, 1.82) is 0 Å². The second-order valence-corrected chi connectivity index (χ2v) is 6.11. The van der Waals surface area contributed by atoms with Gasteiger partial charge in [0.25, 0.3) is 0 Å². The highest BCUT2D eigenvalue weighted by Gasteiger charge is 2.41. The molecule has 4 heteroatoms. The van der Waals surface area contributed by atoms with Crippen molar-refractivity contribution in [2.24, 2.45) is 0 Å². The van der Waals surface area contributed by atoms with E-state index in [9.17, 15) is 5.11 Å². The van der Waals surface area contributed by atoms with Gasteiger partial charge in [0.2, 0.25) is 0 Å². The Morgan fingerprint density at radius 3 is 2.59 bits per heavy atom. The Labute approximate surface area is 135 Å². The van der Waals surface area contributed by atoms with Crippen molar-refractivity contribution < 1.29 is 9.84 Å². The highest BCUT2D eigenvalue weighted by Crippen LogP contribution is 2.33. The first-order chi connectivity index (χ1) is 10.7. The number of benzene rings is 2. The van der Waals surface area contributed by atoms with Gasteiger partial charge < -0.3 is 15.2 Å². The Hall–Kier alpha value is -1.39. The molecule has 2 atom stereocenters. The third-order valence-corrected chi connectivity index (χ3v) is 4.44. The van der Waals surface area contributed by atoms with Crippen molar-refractivity contribution in [1.82, 2.24) is 5.32 Å². The molecule has 0 aromatic heterocycles. The normalized spacial score (nSPS) is 25.1. The van der Waals surface area contributed by atoms with Gasteiger partial charge in [0.05, 0.1) is 6.61 Å². The van der Waals surface area contributed by atoms with Crippen LogP contribution in [0.2, 0.25) is 5.02 Å². The monoisotopic (exact) mass is 317 g/mol. The van der Waals surface area contributed by atoms with Crippen molar-refractivity contribution in [2.75, 3.05) is 13.1 Å². The molecule has 1 heterocycles. The van der Waals surface area contributed by atoms with Crippen LogP contribution in [0.5, 0.6) is 0 Å². The molecule has 3 nitrogen and oxygen atoms in total. The molecule has 22 heavy (non-hydrogen) atoms. The second-order valence-electron chi connectivity index (χ2n) is 5.67. The summed E-state index contributed by atoms with van der Waals surface area (Å²) in [6.07, 6.45) is 0.330. The average Bonchev–Trinajstić information content (AvgIpc) is 2.55. The number of piperidine rings is 1. The van der Waals surface area contributed by atoms with Crippen molar-refractivity contribution in [3.05, 3.63) is 70.7 Å². The molecule has 1 fully saturated rings. The van der Waals surface area contributed by atoms with E-state index in [1.807, 2.05) is 54.6 Å². The molecule has 116 valence electrons. The molecule has 1 aliphatic rings. The molecule has 2 aromatic carbocycles. The van der Waals surface area contributed by atoms with Crippen LogP contribution < -0.4 is 5.32 Å². The lowest BCUT2D eigenvalue weighted by molar-refractivity contribution is -0.134. The van der Waals surface area contributed by atoms with E-state index in [4.69, 9.17) is 16.3 Å². The quantitative estimate of drug-likeness (QED) is 0.910. The van der Waals surface area contributed by atoms with Gasteiger partial charge in [0, 0.05) is 11.6 Å². The summed E-state index contributed by atoms with van der Waals surface area (Å²) in [6, 6.07) is 17.4. The topological polar surface area (TPSA) is 41.5 Å². The summed E-state index contributed by atoms with van der Waals surface area (Å²) in [7, 11) is 0. The summed E-state index contributed by atoms with van der Waals surface area (Å²) in [5.74, 6) is 0. The van der Waals surface area contributed by atoms with Crippen LogP contribution in [0.1, 0.15) is 17.5 Å². The first-order valence-electron chi connectivity index (χ1n) is 7.53. The second kappa shape index (κ2) is 6.80. The third kappa shape index (κ3) is 3.33. The Bertz CT molecular complexity index is 602. The third-order valence-electron chi connectivity index (χ3n) is 4.18. The molecular formula is C18H20ClNO2. The van der Waals surface area contributed by atoms with Crippen molar-refractivity contribution in [3.8, 4) is 0 Å². The van der Waals surface area contributed by atoms with Crippen molar-refractivity contribution in [3.63, 3.8) is 0 Å². The lowest BCUT2D eigenvalue weighted by Crippen LogP contribution is -2.53. The van der Waals surface area contributed by atoms with E-state index in [2.05, 4.69) is 5.32 Å². The van der Waals surface area contributed by atoms with E-state index >= 15 is 0 Å². The molecule has 1 aliphatic heterocycles. The summed E-state index contributed by atoms with van der Waals surface area (Å²) < 4.78 is 6.02. The van der Waals surface area contributed by atoms with Gasteiger partial charge in [-0.1, -0.05) is 54.1 Å². The molecule has 0 bridgehead atoms. The smallest absolute Gasteiger partial charge is 0.118 e. The number of nitrogens with one attached hydrogen (secondary N) is 1. The molecule has 2 aromatic rings. The molecule has 0 radical (unpaired) electrons. The molecule has 0 spiro atoms. The molecular weight excluding hydrogens is 298 g/mol. The standard InChI is InChI=1S/C18H20ClNO2/c19-16-8-6-15(7-9-16)18(21)10-11-20-12-17(18)22-13-14-4-2-1-3-5-14/h1-9,17,20-21H,10-13H2/t17-,18?/m1/s1. The maximum absolute atomic E-state index is 11.2. The van der Waals surface area contributed by atoms with E-state index in [-0.39, 0.29) is 6.10 Å². The minimum Gasteiger partial charge on any atom is -0.382 e. The van der Waals surface area contributed by atoms with Crippen LogP contribution in [0.4, 0.5) is 0 Å². The van der Waals surface area contributed by atoms with Gasteiger partial charge in [-0.25, -0.2) is 0 Å². The largest absolute Gasteiger partial charge is 0.382 e. The average molecular weight is 318 g/mol. The lowest BCUT2D eigenvalue weighted by Gasteiger charge is -2.40. The molecule has 1 unspecified atom stereocenters. The molecule has 0 saturated carbocycles. The first kappa shape index (κ1) is 15.5. The minimum absolute atomic E-state index is 0.289. The lowest BCUT2D eigenvalue weighted by atomic mass is 9.82. The number of hydrogen-bond acceptors (Lipinski definition) is 3. The highest BCUT2D eigenvalue weighted by atomic mass is 35.5. The number of hydrogen-bond donors (Lipinski definition) is 2. The number of halogens is 1. The molecule has 2 N–H and O–H groups in total.